The predicted octanol–water partition coefficient (Wildman–Crippen LogP) is 0.198. The molecule has 0 saturated carbocycles. The van der Waals surface area contributed by atoms with Crippen molar-refractivity contribution in [2.45, 2.75) is 19.4 Å². The lowest BCUT2D eigenvalue weighted by Gasteiger charge is -2.26. The second-order valence-electron chi connectivity index (χ2n) is 4.15. The Balaban J connectivity index is 2.14. The van der Waals surface area contributed by atoms with Gasteiger partial charge in [0, 0.05) is 37.7 Å². The van der Waals surface area contributed by atoms with Crippen LogP contribution in [0, 0.1) is 0 Å². The van der Waals surface area contributed by atoms with Crippen molar-refractivity contribution in [3.05, 3.63) is 0 Å². The van der Waals surface area contributed by atoms with Crippen molar-refractivity contribution >= 4 is 23.8 Å². The smallest absolute Gasteiger partial charge is 0.326 e. The summed E-state index contributed by atoms with van der Waals surface area (Å²) in [6.07, 6.45) is 0.381. The van der Waals surface area contributed by atoms with Crippen LogP contribution in [0.15, 0.2) is 0 Å². The second kappa shape index (κ2) is 8.20. The summed E-state index contributed by atoms with van der Waals surface area (Å²) in [7, 11) is 0. The number of amides is 2. The Labute approximate surface area is 111 Å². The van der Waals surface area contributed by atoms with E-state index in [1.165, 1.54) is 0 Å². The first-order valence-electron chi connectivity index (χ1n) is 6.20. The fourth-order valence-electron chi connectivity index (χ4n) is 1.70. The minimum Gasteiger partial charge on any atom is -0.480 e. The summed E-state index contributed by atoms with van der Waals surface area (Å²) >= 11 is 1.95. The predicted molar refractivity (Wildman–Crippen MR) is 72.0 cm³/mol. The quantitative estimate of drug-likeness (QED) is 0.645. The molecule has 6 nitrogen and oxygen atoms in total. The lowest BCUT2D eigenvalue weighted by molar-refractivity contribution is -0.139. The zero-order chi connectivity index (χ0) is 13.4. The van der Waals surface area contributed by atoms with E-state index in [-0.39, 0.29) is 0 Å². The van der Waals surface area contributed by atoms with Crippen molar-refractivity contribution in [1.82, 2.24) is 15.5 Å². The summed E-state index contributed by atoms with van der Waals surface area (Å²) in [4.78, 5) is 24.5. The monoisotopic (exact) mass is 275 g/mol. The highest BCUT2D eigenvalue weighted by Crippen LogP contribution is 2.07. The molecular formula is C11H21N3O3S. The van der Waals surface area contributed by atoms with Gasteiger partial charge in [-0.3, -0.25) is 4.90 Å². The van der Waals surface area contributed by atoms with E-state index in [4.69, 9.17) is 5.11 Å². The van der Waals surface area contributed by atoms with Gasteiger partial charge in [-0.1, -0.05) is 6.92 Å². The van der Waals surface area contributed by atoms with Gasteiger partial charge in [-0.15, -0.1) is 0 Å². The summed E-state index contributed by atoms with van der Waals surface area (Å²) in [6.45, 7) is 5.20. The summed E-state index contributed by atoms with van der Waals surface area (Å²) in [6, 6.07) is -1.22. The lowest BCUT2D eigenvalue weighted by Crippen LogP contribution is -2.47. The maximum absolute atomic E-state index is 11.5. The Bertz CT molecular complexity index is 283. The average Bonchev–Trinajstić information content (AvgIpc) is 2.37. The summed E-state index contributed by atoms with van der Waals surface area (Å²) < 4.78 is 0. The fourth-order valence-corrected chi connectivity index (χ4v) is 2.68. The third kappa shape index (κ3) is 5.59. The summed E-state index contributed by atoms with van der Waals surface area (Å²) in [5.74, 6) is 1.28. The van der Waals surface area contributed by atoms with Crippen molar-refractivity contribution in [3.63, 3.8) is 0 Å². The number of carbonyl (C=O) groups is 2. The molecule has 7 heteroatoms. The van der Waals surface area contributed by atoms with Crippen LogP contribution < -0.4 is 10.6 Å². The highest BCUT2D eigenvalue weighted by molar-refractivity contribution is 7.99. The second-order valence-corrected chi connectivity index (χ2v) is 5.38. The number of nitrogens with zero attached hydrogens (tertiary/aromatic N) is 1. The lowest BCUT2D eigenvalue weighted by atomic mass is 10.2. The minimum atomic E-state index is -0.999. The molecular weight excluding hydrogens is 254 g/mol. The largest absolute Gasteiger partial charge is 0.480 e. The summed E-state index contributed by atoms with van der Waals surface area (Å²) in [5.41, 5.74) is 0. The number of rotatable bonds is 6. The van der Waals surface area contributed by atoms with Gasteiger partial charge >= 0.3 is 12.0 Å². The standard InChI is InChI=1S/C11H21N3O3S/c1-2-9(10(15)16)13-11(17)12-3-4-14-5-7-18-8-6-14/h9H,2-8H2,1H3,(H,15,16)(H2,12,13,17)/t9-/m0/s1. The van der Waals surface area contributed by atoms with Crippen molar-refractivity contribution in [2.75, 3.05) is 37.7 Å². The van der Waals surface area contributed by atoms with E-state index in [0.717, 1.165) is 31.1 Å². The van der Waals surface area contributed by atoms with E-state index < -0.39 is 18.0 Å². The molecule has 1 heterocycles. The first kappa shape index (κ1) is 15.1. The Kier molecular flexibility index (Phi) is 6.89. The first-order chi connectivity index (χ1) is 8.63. The molecule has 1 fully saturated rings. The number of hydrogen-bond donors (Lipinski definition) is 3. The summed E-state index contributed by atoms with van der Waals surface area (Å²) in [5, 5.41) is 13.9. The zero-order valence-electron chi connectivity index (χ0n) is 10.6. The molecule has 1 rings (SSSR count). The van der Waals surface area contributed by atoms with Crippen LogP contribution in [0.2, 0.25) is 0 Å². The Morgan fingerprint density at radius 2 is 2.06 bits per heavy atom. The normalized spacial score (nSPS) is 18.1. The van der Waals surface area contributed by atoms with Gasteiger partial charge in [0.1, 0.15) is 6.04 Å². The molecule has 0 radical (unpaired) electrons. The van der Waals surface area contributed by atoms with E-state index >= 15 is 0 Å². The fraction of sp³-hybridized carbons (Fsp3) is 0.818. The Morgan fingerprint density at radius 1 is 1.39 bits per heavy atom. The van der Waals surface area contributed by atoms with Gasteiger partial charge in [0.05, 0.1) is 0 Å². The van der Waals surface area contributed by atoms with Crippen LogP contribution in [0.4, 0.5) is 4.79 Å². The van der Waals surface area contributed by atoms with Crippen LogP contribution in [0.1, 0.15) is 13.3 Å². The zero-order valence-corrected chi connectivity index (χ0v) is 11.5. The van der Waals surface area contributed by atoms with Crippen molar-refractivity contribution < 1.29 is 14.7 Å². The molecule has 0 spiro atoms. The van der Waals surface area contributed by atoms with Crippen molar-refractivity contribution in [3.8, 4) is 0 Å². The van der Waals surface area contributed by atoms with Gasteiger partial charge in [0.15, 0.2) is 0 Å². The van der Waals surface area contributed by atoms with Gasteiger partial charge in [-0.25, -0.2) is 9.59 Å². The molecule has 0 aromatic rings. The van der Waals surface area contributed by atoms with Gasteiger partial charge < -0.3 is 15.7 Å². The molecule has 2 amide bonds. The number of carboxylic acids is 1. The molecule has 104 valence electrons. The van der Waals surface area contributed by atoms with E-state index in [1.807, 2.05) is 11.8 Å². The number of urea groups is 1. The van der Waals surface area contributed by atoms with Crippen LogP contribution in [-0.4, -0.2) is 65.7 Å². The van der Waals surface area contributed by atoms with E-state index in [2.05, 4.69) is 15.5 Å². The molecule has 0 aliphatic carbocycles. The molecule has 0 unspecified atom stereocenters. The SMILES string of the molecule is CC[C@H](NC(=O)NCCN1CCSCC1)C(=O)O. The van der Waals surface area contributed by atoms with E-state index in [0.29, 0.717) is 13.0 Å². The number of aliphatic carboxylic acids is 1. The number of carboxylic acid groups (broad SMARTS) is 1. The maximum Gasteiger partial charge on any atom is 0.326 e. The number of carbonyl (C=O) groups excluding carboxylic acids is 1. The molecule has 1 aliphatic rings. The van der Waals surface area contributed by atoms with Crippen LogP contribution >= 0.6 is 11.8 Å². The molecule has 18 heavy (non-hydrogen) atoms. The van der Waals surface area contributed by atoms with Crippen LogP contribution in [0.3, 0.4) is 0 Å². The van der Waals surface area contributed by atoms with Gasteiger partial charge in [-0.05, 0) is 6.42 Å². The van der Waals surface area contributed by atoms with E-state index in [1.54, 1.807) is 6.92 Å². The number of hydrogen-bond acceptors (Lipinski definition) is 4. The van der Waals surface area contributed by atoms with Crippen LogP contribution in [-0.2, 0) is 4.79 Å². The van der Waals surface area contributed by atoms with Gasteiger partial charge in [0.25, 0.3) is 0 Å². The van der Waals surface area contributed by atoms with Gasteiger partial charge in [0.2, 0.25) is 0 Å². The van der Waals surface area contributed by atoms with E-state index in [9.17, 15) is 9.59 Å². The van der Waals surface area contributed by atoms with Crippen LogP contribution in [0.25, 0.3) is 0 Å². The maximum atomic E-state index is 11.5. The highest BCUT2D eigenvalue weighted by Gasteiger charge is 2.17. The molecule has 0 aromatic carbocycles. The molecule has 0 aromatic heterocycles. The Hall–Kier alpha value is -0.950. The topological polar surface area (TPSA) is 81.7 Å². The molecule has 1 saturated heterocycles. The van der Waals surface area contributed by atoms with Crippen LogP contribution in [0.5, 0.6) is 0 Å². The molecule has 1 aliphatic heterocycles. The number of nitrogens with one attached hydrogen (secondary N) is 2. The van der Waals surface area contributed by atoms with Crippen molar-refractivity contribution in [2.24, 2.45) is 0 Å². The minimum absolute atomic E-state index is 0.381. The molecule has 0 bridgehead atoms. The third-order valence-corrected chi connectivity index (χ3v) is 3.77. The first-order valence-corrected chi connectivity index (χ1v) is 7.36. The third-order valence-electron chi connectivity index (χ3n) is 2.83. The molecule has 1 atom stereocenters. The average molecular weight is 275 g/mol. The van der Waals surface area contributed by atoms with Crippen molar-refractivity contribution in [1.29, 1.82) is 0 Å². The number of thioether (sulfide) groups is 1. The Morgan fingerprint density at radius 3 is 2.61 bits per heavy atom. The highest BCUT2D eigenvalue weighted by atomic mass is 32.2. The van der Waals surface area contributed by atoms with Gasteiger partial charge in [-0.2, -0.15) is 11.8 Å². The molecule has 3 N–H and O–H groups in total.